The molecule has 146 valence electrons. The SMILES string of the molecule is CC(C)CN1C(=O)C(=O)N(Cc2ccc(OCc3ccc(F)cc3)cc2)C1=O. The van der Waals surface area contributed by atoms with Crippen molar-refractivity contribution in [3.63, 3.8) is 0 Å². The minimum Gasteiger partial charge on any atom is -0.489 e. The second-order valence-electron chi connectivity index (χ2n) is 7.04. The van der Waals surface area contributed by atoms with Crippen molar-refractivity contribution < 1.29 is 23.5 Å². The first-order valence-electron chi connectivity index (χ1n) is 8.98. The summed E-state index contributed by atoms with van der Waals surface area (Å²) in [6.07, 6.45) is 0. The van der Waals surface area contributed by atoms with Gasteiger partial charge in [-0.1, -0.05) is 38.1 Å². The lowest BCUT2D eigenvalue weighted by atomic mass is 10.2. The number of urea groups is 1. The van der Waals surface area contributed by atoms with Gasteiger partial charge in [-0.3, -0.25) is 19.4 Å². The number of ether oxygens (including phenoxy) is 1. The third-order valence-electron chi connectivity index (χ3n) is 4.27. The molecule has 0 aliphatic carbocycles. The number of carbonyl (C=O) groups is 3. The van der Waals surface area contributed by atoms with Crippen molar-refractivity contribution in [2.45, 2.75) is 27.0 Å². The molecule has 28 heavy (non-hydrogen) atoms. The van der Waals surface area contributed by atoms with Gasteiger partial charge in [0.25, 0.3) is 0 Å². The van der Waals surface area contributed by atoms with Gasteiger partial charge in [0.05, 0.1) is 6.54 Å². The molecule has 0 spiro atoms. The fourth-order valence-corrected chi connectivity index (χ4v) is 2.84. The second-order valence-corrected chi connectivity index (χ2v) is 7.04. The average molecular weight is 384 g/mol. The summed E-state index contributed by atoms with van der Waals surface area (Å²) >= 11 is 0. The van der Waals surface area contributed by atoms with Crippen LogP contribution in [0.1, 0.15) is 25.0 Å². The molecule has 1 heterocycles. The third-order valence-corrected chi connectivity index (χ3v) is 4.27. The molecule has 1 fully saturated rings. The zero-order valence-electron chi connectivity index (χ0n) is 15.7. The van der Waals surface area contributed by atoms with Crippen molar-refractivity contribution in [3.05, 3.63) is 65.5 Å². The Morgan fingerprint density at radius 3 is 2.04 bits per heavy atom. The van der Waals surface area contributed by atoms with Gasteiger partial charge >= 0.3 is 17.8 Å². The zero-order valence-corrected chi connectivity index (χ0v) is 15.7. The Hall–Kier alpha value is -3.22. The summed E-state index contributed by atoms with van der Waals surface area (Å²) in [6, 6.07) is 12.4. The van der Waals surface area contributed by atoms with Gasteiger partial charge in [0.2, 0.25) is 0 Å². The number of benzene rings is 2. The Kier molecular flexibility index (Phi) is 5.73. The fourth-order valence-electron chi connectivity index (χ4n) is 2.84. The molecule has 0 atom stereocenters. The van der Waals surface area contributed by atoms with Crippen LogP contribution in [0, 0.1) is 11.7 Å². The highest BCUT2D eigenvalue weighted by Crippen LogP contribution is 2.20. The third kappa shape index (κ3) is 4.36. The molecule has 0 radical (unpaired) electrons. The molecule has 1 aliphatic rings. The standard InChI is InChI=1S/C21H21FN2O4/c1-14(2)11-23-19(25)20(26)24(21(23)27)12-15-5-9-18(10-6-15)28-13-16-3-7-17(22)8-4-16/h3-10,14H,11-13H2,1-2H3. The lowest BCUT2D eigenvalue weighted by molar-refractivity contribution is -0.143. The molecule has 0 aromatic heterocycles. The van der Waals surface area contributed by atoms with E-state index in [1.807, 2.05) is 13.8 Å². The van der Waals surface area contributed by atoms with E-state index >= 15 is 0 Å². The van der Waals surface area contributed by atoms with Gasteiger partial charge in [-0.25, -0.2) is 9.18 Å². The van der Waals surface area contributed by atoms with Crippen LogP contribution >= 0.6 is 0 Å². The first-order valence-corrected chi connectivity index (χ1v) is 8.98. The molecule has 1 saturated heterocycles. The van der Waals surface area contributed by atoms with E-state index in [0.717, 1.165) is 15.4 Å². The predicted octanol–water partition coefficient (Wildman–Crippen LogP) is 3.35. The van der Waals surface area contributed by atoms with Crippen molar-refractivity contribution in [2.24, 2.45) is 5.92 Å². The van der Waals surface area contributed by atoms with E-state index in [-0.39, 0.29) is 24.8 Å². The van der Waals surface area contributed by atoms with Crippen molar-refractivity contribution >= 4 is 17.8 Å². The summed E-state index contributed by atoms with van der Waals surface area (Å²) in [7, 11) is 0. The molecule has 0 unspecified atom stereocenters. The number of nitrogens with zero attached hydrogens (tertiary/aromatic N) is 2. The average Bonchev–Trinajstić information content (AvgIpc) is 2.86. The van der Waals surface area contributed by atoms with Crippen LogP contribution < -0.4 is 4.74 Å². The van der Waals surface area contributed by atoms with Crippen LogP contribution in [0.4, 0.5) is 9.18 Å². The summed E-state index contributed by atoms with van der Waals surface area (Å²) in [5, 5.41) is 0. The highest BCUT2D eigenvalue weighted by molar-refractivity contribution is 6.44. The quantitative estimate of drug-likeness (QED) is 0.542. The maximum absolute atomic E-state index is 12.9. The maximum atomic E-state index is 12.9. The van der Waals surface area contributed by atoms with E-state index in [1.165, 1.54) is 12.1 Å². The summed E-state index contributed by atoms with van der Waals surface area (Å²) < 4.78 is 18.6. The van der Waals surface area contributed by atoms with Crippen molar-refractivity contribution in [1.82, 2.24) is 9.80 Å². The fraction of sp³-hybridized carbons (Fsp3) is 0.286. The highest BCUT2D eigenvalue weighted by atomic mass is 19.1. The Labute approximate surface area is 162 Å². The maximum Gasteiger partial charge on any atom is 0.334 e. The zero-order chi connectivity index (χ0) is 20.3. The van der Waals surface area contributed by atoms with Crippen LogP contribution in [0.3, 0.4) is 0 Å². The molecule has 4 amide bonds. The van der Waals surface area contributed by atoms with E-state index in [0.29, 0.717) is 17.9 Å². The summed E-state index contributed by atoms with van der Waals surface area (Å²) in [5.41, 5.74) is 1.54. The van der Waals surface area contributed by atoms with Crippen molar-refractivity contribution in [3.8, 4) is 5.75 Å². The van der Waals surface area contributed by atoms with Crippen molar-refractivity contribution in [1.29, 1.82) is 0 Å². The van der Waals surface area contributed by atoms with E-state index < -0.39 is 17.8 Å². The van der Waals surface area contributed by atoms with Crippen LogP contribution in [0.5, 0.6) is 5.75 Å². The molecule has 7 heteroatoms. The summed E-state index contributed by atoms with van der Waals surface area (Å²) in [5.74, 6) is -1.20. The van der Waals surface area contributed by atoms with E-state index in [1.54, 1.807) is 36.4 Å². The van der Waals surface area contributed by atoms with Crippen LogP contribution in [0.15, 0.2) is 48.5 Å². The topological polar surface area (TPSA) is 66.9 Å². The van der Waals surface area contributed by atoms with Gasteiger partial charge in [-0.2, -0.15) is 0 Å². The van der Waals surface area contributed by atoms with E-state index in [9.17, 15) is 18.8 Å². The van der Waals surface area contributed by atoms with E-state index in [2.05, 4.69) is 0 Å². The van der Waals surface area contributed by atoms with Gasteiger partial charge in [0, 0.05) is 6.54 Å². The first-order chi connectivity index (χ1) is 13.3. The highest BCUT2D eigenvalue weighted by Gasteiger charge is 2.44. The molecule has 2 aromatic carbocycles. The molecule has 0 N–H and O–H groups in total. The second kappa shape index (κ2) is 8.21. The summed E-state index contributed by atoms with van der Waals surface area (Å²) in [4.78, 5) is 38.5. The molecule has 6 nitrogen and oxygen atoms in total. The molecule has 3 rings (SSSR count). The Bertz CT molecular complexity index is 878. The molecule has 2 aromatic rings. The van der Waals surface area contributed by atoms with Crippen LogP contribution in [0.2, 0.25) is 0 Å². The molecular formula is C21H21FN2O4. The van der Waals surface area contributed by atoms with Gasteiger partial charge < -0.3 is 4.74 Å². The minimum absolute atomic E-state index is 0.0241. The van der Waals surface area contributed by atoms with E-state index in [4.69, 9.17) is 4.74 Å². The molecule has 0 saturated carbocycles. The van der Waals surface area contributed by atoms with Gasteiger partial charge in [-0.05, 0) is 41.3 Å². The van der Waals surface area contributed by atoms with Gasteiger partial charge in [0.1, 0.15) is 18.2 Å². The molecular weight excluding hydrogens is 363 g/mol. The van der Waals surface area contributed by atoms with Crippen molar-refractivity contribution in [2.75, 3.05) is 6.54 Å². The van der Waals surface area contributed by atoms with Crippen LogP contribution in [-0.2, 0) is 22.7 Å². The predicted molar refractivity (Wildman–Crippen MR) is 99.7 cm³/mol. The normalized spacial score (nSPS) is 14.4. The number of amides is 4. The number of hydrogen-bond donors (Lipinski definition) is 0. The Morgan fingerprint density at radius 1 is 0.857 bits per heavy atom. The molecule has 1 aliphatic heterocycles. The largest absolute Gasteiger partial charge is 0.489 e. The lowest BCUT2D eigenvalue weighted by Gasteiger charge is -2.17. The first kappa shape index (κ1) is 19.5. The Morgan fingerprint density at radius 2 is 1.43 bits per heavy atom. The van der Waals surface area contributed by atoms with Crippen LogP contribution in [0.25, 0.3) is 0 Å². The number of imide groups is 2. The number of carbonyl (C=O) groups excluding carboxylic acids is 3. The number of rotatable bonds is 7. The molecule has 0 bridgehead atoms. The minimum atomic E-state index is -0.803. The number of hydrogen-bond acceptors (Lipinski definition) is 4. The van der Waals surface area contributed by atoms with Crippen LogP contribution in [-0.4, -0.2) is 34.2 Å². The lowest BCUT2D eigenvalue weighted by Crippen LogP contribution is -2.35. The Balaban J connectivity index is 1.60. The smallest absolute Gasteiger partial charge is 0.334 e. The van der Waals surface area contributed by atoms with Gasteiger partial charge in [0.15, 0.2) is 0 Å². The number of halogens is 1. The van der Waals surface area contributed by atoms with Gasteiger partial charge in [-0.15, -0.1) is 0 Å². The monoisotopic (exact) mass is 384 g/mol. The summed E-state index contributed by atoms with van der Waals surface area (Å²) in [6.45, 7) is 4.28.